The minimum absolute atomic E-state index is 0.259. The summed E-state index contributed by atoms with van der Waals surface area (Å²) in [5, 5.41) is 13.0. The lowest BCUT2D eigenvalue weighted by atomic mass is 10.0. The Labute approximate surface area is 128 Å². The van der Waals surface area contributed by atoms with Gasteiger partial charge in [-0.25, -0.2) is 0 Å². The summed E-state index contributed by atoms with van der Waals surface area (Å²) in [6.45, 7) is 4.18. The van der Waals surface area contributed by atoms with E-state index in [1.165, 1.54) is 5.56 Å². The van der Waals surface area contributed by atoms with Gasteiger partial charge in [0.05, 0.1) is 7.11 Å². The average molecular weight is 309 g/mol. The first-order chi connectivity index (χ1) is 9.63. The molecule has 1 N–H and O–H groups in total. The van der Waals surface area contributed by atoms with Gasteiger partial charge in [0.15, 0.2) is 4.34 Å². The number of ether oxygens (including phenoxy) is 1. The highest BCUT2D eigenvalue weighted by Crippen LogP contribution is 2.33. The topological polar surface area (TPSA) is 47.0 Å². The zero-order valence-electron chi connectivity index (χ0n) is 12.1. The normalized spacial score (nSPS) is 14.0. The quantitative estimate of drug-likeness (QED) is 0.830. The largest absolute Gasteiger partial charge is 0.497 e. The summed E-state index contributed by atoms with van der Waals surface area (Å²) in [6, 6.07) is 8.44. The predicted octanol–water partition coefficient (Wildman–Crippen LogP) is 3.30. The van der Waals surface area contributed by atoms with Crippen LogP contribution in [0.3, 0.4) is 0 Å². The molecule has 0 bridgehead atoms. The van der Waals surface area contributed by atoms with Crippen molar-refractivity contribution < 1.29 is 4.74 Å². The number of rotatable bonds is 6. The number of aryl methyl sites for hydroxylation is 1. The smallest absolute Gasteiger partial charge is 0.174 e. The fourth-order valence-electron chi connectivity index (χ4n) is 2.04. The Morgan fingerprint density at radius 3 is 2.45 bits per heavy atom. The van der Waals surface area contributed by atoms with Crippen LogP contribution in [0.2, 0.25) is 0 Å². The summed E-state index contributed by atoms with van der Waals surface area (Å²) in [5.74, 6) is 0.878. The number of aromatic nitrogens is 2. The van der Waals surface area contributed by atoms with E-state index in [1.807, 2.05) is 26.1 Å². The third-order valence-corrected chi connectivity index (χ3v) is 5.15. The molecule has 0 fully saturated rings. The summed E-state index contributed by atoms with van der Waals surface area (Å²) < 4.78 is 6.22. The van der Waals surface area contributed by atoms with Crippen LogP contribution >= 0.6 is 23.1 Å². The molecule has 2 aromatic rings. The van der Waals surface area contributed by atoms with Crippen LogP contribution in [0.15, 0.2) is 28.6 Å². The van der Waals surface area contributed by atoms with E-state index in [9.17, 15) is 0 Å². The molecule has 0 saturated heterocycles. The number of methoxy groups -OCH3 is 1. The van der Waals surface area contributed by atoms with Gasteiger partial charge in [-0.05, 0) is 31.7 Å². The zero-order valence-corrected chi connectivity index (χ0v) is 13.7. The molecule has 0 aliphatic carbocycles. The lowest BCUT2D eigenvalue weighted by molar-refractivity contribution is 0.414. The molecule has 2 unspecified atom stereocenters. The summed E-state index contributed by atoms with van der Waals surface area (Å²) in [5.41, 5.74) is 1.24. The van der Waals surface area contributed by atoms with E-state index >= 15 is 0 Å². The number of hydrogen-bond acceptors (Lipinski definition) is 6. The molecule has 0 aliphatic heterocycles. The lowest BCUT2D eigenvalue weighted by Gasteiger charge is -2.22. The summed E-state index contributed by atoms with van der Waals surface area (Å²) in [7, 11) is 3.66. The second-order valence-corrected chi connectivity index (χ2v) is 7.26. The fraction of sp³-hybridized carbons (Fsp3) is 0.429. The molecule has 2 atom stereocenters. The van der Waals surface area contributed by atoms with Crippen LogP contribution in [0.4, 0.5) is 0 Å². The Kier molecular flexibility index (Phi) is 5.39. The van der Waals surface area contributed by atoms with Crippen molar-refractivity contribution >= 4 is 23.1 Å². The molecule has 0 spiro atoms. The van der Waals surface area contributed by atoms with Gasteiger partial charge in [0.25, 0.3) is 0 Å². The summed E-state index contributed by atoms with van der Waals surface area (Å²) >= 11 is 3.39. The van der Waals surface area contributed by atoms with Crippen LogP contribution in [0, 0.1) is 6.92 Å². The van der Waals surface area contributed by atoms with E-state index < -0.39 is 0 Å². The van der Waals surface area contributed by atoms with Gasteiger partial charge in [0.1, 0.15) is 10.8 Å². The van der Waals surface area contributed by atoms with E-state index in [1.54, 1.807) is 30.2 Å². The lowest BCUT2D eigenvalue weighted by Crippen LogP contribution is -2.25. The molecular formula is C14H19N3OS2. The molecule has 20 heavy (non-hydrogen) atoms. The SMILES string of the molecule is CNC(c1ccc(OC)cc1)C(C)Sc1nnc(C)s1. The first-order valence-electron chi connectivity index (χ1n) is 6.42. The highest BCUT2D eigenvalue weighted by molar-refractivity contribution is 8.01. The molecular weight excluding hydrogens is 290 g/mol. The highest BCUT2D eigenvalue weighted by atomic mass is 32.2. The van der Waals surface area contributed by atoms with E-state index in [0.29, 0.717) is 5.25 Å². The van der Waals surface area contributed by atoms with Gasteiger partial charge < -0.3 is 10.1 Å². The Hall–Kier alpha value is -1.11. The van der Waals surface area contributed by atoms with Crippen molar-refractivity contribution in [1.29, 1.82) is 0 Å². The maximum atomic E-state index is 5.20. The first kappa shape index (κ1) is 15.3. The zero-order chi connectivity index (χ0) is 14.5. The van der Waals surface area contributed by atoms with Crippen molar-refractivity contribution in [3.05, 3.63) is 34.8 Å². The van der Waals surface area contributed by atoms with Crippen LogP contribution in [0.1, 0.15) is 23.5 Å². The van der Waals surface area contributed by atoms with Gasteiger partial charge >= 0.3 is 0 Å². The average Bonchev–Trinajstić information content (AvgIpc) is 2.85. The molecule has 0 amide bonds. The summed E-state index contributed by atoms with van der Waals surface area (Å²) in [6.07, 6.45) is 0. The minimum Gasteiger partial charge on any atom is -0.497 e. The van der Waals surface area contributed by atoms with E-state index in [0.717, 1.165) is 15.1 Å². The van der Waals surface area contributed by atoms with Crippen LogP contribution in [0.5, 0.6) is 5.75 Å². The van der Waals surface area contributed by atoms with Crippen LogP contribution in [0.25, 0.3) is 0 Å². The van der Waals surface area contributed by atoms with Gasteiger partial charge in [0.2, 0.25) is 0 Å². The van der Waals surface area contributed by atoms with Crippen LogP contribution < -0.4 is 10.1 Å². The van der Waals surface area contributed by atoms with Crippen molar-refractivity contribution in [2.45, 2.75) is 29.5 Å². The van der Waals surface area contributed by atoms with Crippen LogP contribution in [-0.4, -0.2) is 29.6 Å². The van der Waals surface area contributed by atoms with Crippen molar-refractivity contribution in [2.24, 2.45) is 0 Å². The second kappa shape index (κ2) is 7.06. The van der Waals surface area contributed by atoms with Gasteiger partial charge in [-0.3, -0.25) is 0 Å². The fourth-order valence-corrected chi connectivity index (χ4v) is 4.30. The van der Waals surface area contributed by atoms with E-state index in [-0.39, 0.29) is 6.04 Å². The van der Waals surface area contributed by atoms with Crippen molar-refractivity contribution in [1.82, 2.24) is 15.5 Å². The van der Waals surface area contributed by atoms with Crippen LogP contribution in [-0.2, 0) is 0 Å². The third kappa shape index (κ3) is 3.71. The highest BCUT2D eigenvalue weighted by Gasteiger charge is 2.20. The second-order valence-electron chi connectivity index (χ2n) is 4.45. The Balaban J connectivity index is 2.09. The molecule has 1 heterocycles. The van der Waals surface area contributed by atoms with Gasteiger partial charge in [-0.2, -0.15) is 0 Å². The molecule has 1 aromatic carbocycles. The number of nitrogens with zero attached hydrogens (tertiary/aromatic N) is 2. The Bertz CT molecular complexity index is 542. The molecule has 6 heteroatoms. The number of thioether (sulfide) groups is 1. The first-order valence-corrected chi connectivity index (χ1v) is 8.11. The molecule has 2 rings (SSSR count). The van der Waals surface area contributed by atoms with Crippen molar-refractivity contribution in [3.8, 4) is 5.75 Å². The molecule has 0 saturated carbocycles. The van der Waals surface area contributed by atoms with E-state index in [4.69, 9.17) is 4.74 Å². The molecule has 0 radical (unpaired) electrons. The molecule has 108 valence electrons. The van der Waals surface area contributed by atoms with Gasteiger partial charge in [-0.1, -0.05) is 42.2 Å². The maximum Gasteiger partial charge on any atom is 0.174 e. The van der Waals surface area contributed by atoms with Gasteiger partial charge in [0, 0.05) is 11.3 Å². The number of hydrogen-bond donors (Lipinski definition) is 1. The molecule has 1 aromatic heterocycles. The number of benzene rings is 1. The predicted molar refractivity (Wildman–Crippen MR) is 84.8 cm³/mol. The van der Waals surface area contributed by atoms with Crippen molar-refractivity contribution in [3.63, 3.8) is 0 Å². The molecule has 0 aliphatic rings. The Morgan fingerprint density at radius 2 is 1.95 bits per heavy atom. The van der Waals surface area contributed by atoms with E-state index in [2.05, 4.69) is 34.6 Å². The van der Waals surface area contributed by atoms with Gasteiger partial charge in [-0.15, -0.1) is 10.2 Å². The third-order valence-electron chi connectivity index (χ3n) is 3.05. The van der Waals surface area contributed by atoms with Crippen molar-refractivity contribution in [2.75, 3.05) is 14.2 Å². The summed E-state index contributed by atoms with van der Waals surface area (Å²) in [4.78, 5) is 0. The molecule has 4 nitrogen and oxygen atoms in total. The standard InChI is InChI=1S/C14H19N3OS2/c1-9(19-14-17-16-10(2)20-14)13(15-3)11-5-7-12(18-4)8-6-11/h5-9,13,15H,1-4H3. The monoisotopic (exact) mass is 309 g/mol. The minimum atomic E-state index is 0.259. The Morgan fingerprint density at radius 1 is 1.25 bits per heavy atom. The number of nitrogens with one attached hydrogen (secondary N) is 1. The maximum absolute atomic E-state index is 5.20.